The van der Waals surface area contributed by atoms with Crippen LogP contribution >= 0.6 is 11.3 Å². The third kappa shape index (κ3) is 2.96. The van der Waals surface area contributed by atoms with E-state index in [1.54, 1.807) is 11.3 Å². The molecule has 6 nitrogen and oxygen atoms in total. The van der Waals surface area contributed by atoms with Crippen LogP contribution < -0.4 is 10.9 Å². The Balaban J connectivity index is 2.12. The summed E-state index contributed by atoms with van der Waals surface area (Å²) in [6.45, 7) is 9.70. The number of rotatable bonds is 3. The highest BCUT2D eigenvalue weighted by molar-refractivity contribution is 7.19. The van der Waals surface area contributed by atoms with Crippen molar-refractivity contribution >= 4 is 33.0 Å². The first-order valence-corrected chi connectivity index (χ1v) is 8.84. The van der Waals surface area contributed by atoms with E-state index in [1.807, 2.05) is 45.1 Å². The fraction of sp³-hybridized carbons (Fsp3) is 0.471. The van der Waals surface area contributed by atoms with Crippen LogP contribution in [0.4, 0.5) is 0 Å². The maximum absolute atomic E-state index is 12.8. The molecule has 0 aliphatic carbocycles. The molecule has 24 heavy (non-hydrogen) atoms. The number of aromatic nitrogens is 3. The zero-order valence-electron chi connectivity index (χ0n) is 14.6. The molecule has 7 heteroatoms. The molecular formula is C17H22N4O2S. The van der Waals surface area contributed by atoms with E-state index in [1.165, 1.54) is 9.56 Å². The summed E-state index contributed by atoms with van der Waals surface area (Å²) in [5.74, 6) is 0.564. The summed E-state index contributed by atoms with van der Waals surface area (Å²) in [6, 6.07) is 3.97. The zero-order valence-corrected chi connectivity index (χ0v) is 15.5. The number of nitrogens with zero attached hydrogens (tertiary/aromatic N) is 3. The van der Waals surface area contributed by atoms with Gasteiger partial charge in [0.05, 0.1) is 10.2 Å². The van der Waals surface area contributed by atoms with Gasteiger partial charge in [-0.05, 0) is 39.8 Å². The van der Waals surface area contributed by atoms with Crippen molar-refractivity contribution in [3.63, 3.8) is 0 Å². The van der Waals surface area contributed by atoms with E-state index >= 15 is 0 Å². The van der Waals surface area contributed by atoms with Gasteiger partial charge < -0.3 is 5.32 Å². The predicted molar refractivity (Wildman–Crippen MR) is 96.8 cm³/mol. The highest BCUT2D eigenvalue weighted by Gasteiger charge is 2.18. The van der Waals surface area contributed by atoms with Gasteiger partial charge in [0.2, 0.25) is 5.91 Å². The molecule has 0 saturated carbocycles. The summed E-state index contributed by atoms with van der Waals surface area (Å²) in [4.78, 5) is 26.1. The second-order valence-electron chi connectivity index (χ2n) is 7.00. The third-order valence-electron chi connectivity index (χ3n) is 3.68. The third-order valence-corrected chi connectivity index (χ3v) is 4.67. The molecule has 1 N–H and O–H groups in total. The van der Waals surface area contributed by atoms with Crippen molar-refractivity contribution in [3.8, 4) is 0 Å². The van der Waals surface area contributed by atoms with Gasteiger partial charge in [-0.1, -0.05) is 6.92 Å². The minimum absolute atomic E-state index is 0.0720. The van der Waals surface area contributed by atoms with Crippen LogP contribution in [0.25, 0.3) is 15.7 Å². The van der Waals surface area contributed by atoms with Gasteiger partial charge >= 0.3 is 0 Å². The van der Waals surface area contributed by atoms with Gasteiger partial charge in [-0.3, -0.25) is 14.0 Å². The topological polar surface area (TPSA) is 68.4 Å². The molecule has 0 radical (unpaired) electrons. The first-order valence-electron chi connectivity index (χ1n) is 8.02. The van der Waals surface area contributed by atoms with Gasteiger partial charge in [-0.2, -0.15) is 5.10 Å². The number of hydrogen-bond acceptors (Lipinski definition) is 4. The Morgan fingerprint density at radius 1 is 1.29 bits per heavy atom. The summed E-state index contributed by atoms with van der Waals surface area (Å²) >= 11 is 1.66. The quantitative estimate of drug-likeness (QED) is 0.792. The number of nitrogens with one attached hydrogen (secondary N) is 1. The molecular weight excluding hydrogens is 324 g/mol. The van der Waals surface area contributed by atoms with E-state index < -0.39 is 0 Å². The highest BCUT2D eigenvalue weighted by atomic mass is 32.1. The number of carbonyl (C=O) groups is 1. The minimum Gasteiger partial charge on any atom is -0.350 e. The number of carbonyl (C=O) groups excluding carboxylic acids is 1. The molecule has 0 aromatic carbocycles. The van der Waals surface area contributed by atoms with Crippen LogP contribution in [0, 0.1) is 6.92 Å². The standard InChI is InChI=1S/C17H22N4O2S/c1-6-14-19-20(9-15(22)18-17(3,4)5)16(23)12-8-13-11(21(12)14)7-10(2)24-13/h7-8H,6,9H2,1-5H3,(H,18,22). The average molecular weight is 346 g/mol. The maximum Gasteiger partial charge on any atom is 0.291 e. The van der Waals surface area contributed by atoms with Gasteiger partial charge in [0.15, 0.2) is 0 Å². The first-order chi connectivity index (χ1) is 11.2. The van der Waals surface area contributed by atoms with E-state index in [0.29, 0.717) is 11.9 Å². The number of fused-ring (bicyclic) bond motifs is 3. The minimum atomic E-state index is -0.340. The van der Waals surface area contributed by atoms with Crippen LogP contribution in [0.1, 0.15) is 38.4 Å². The molecule has 3 aromatic rings. The second-order valence-corrected chi connectivity index (χ2v) is 8.29. The Kier molecular flexibility index (Phi) is 3.99. The van der Waals surface area contributed by atoms with Crippen LogP contribution in [0.5, 0.6) is 0 Å². The molecule has 0 bridgehead atoms. The lowest BCUT2D eigenvalue weighted by Gasteiger charge is -2.20. The van der Waals surface area contributed by atoms with Crippen molar-refractivity contribution in [1.82, 2.24) is 19.5 Å². The molecule has 128 valence electrons. The molecule has 0 saturated heterocycles. The van der Waals surface area contributed by atoms with Crippen LogP contribution in [0.2, 0.25) is 0 Å². The van der Waals surface area contributed by atoms with Crippen molar-refractivity contribution in [1.29, 1.82) is 0 Å². The molecule has 3 heterocycles. The largest absolute Gasteiger partial charge is 0.350 e. The zero-order chi connectivity index (χ0) is 17.6. The SMILES string of the molecule is CCc1nn(CC(=O)NC(C)(C)C)c(=O)c2cc3sc(C)cc3n12. The van der Waals surface area contributed by atoms with E-state index in [0.717, 1.165) is 16.0 Å². The Hall–Kier alpha value is -2.15. The maximum atomic E-state index is 12.8. The average Bonchev–Trinajstić information content (AvgIpc) is 2.96. The second kappa shape index (κ2) is 5.73. The lowest BCUT2D eigenvalue weighted by atomic mass is 10.1. The van der Waals surface area contributed by atoms with Crippen molar-refractivity contribution in [2.75, 3.05) is 0 Å². The molecule has 0 unspecified atom stereocenters. The summed E-state index contributed by atoms with van der Waals surface area (Å²) in [7, 11) is 0. The van der Waals surface area contributed by atoms with Crippen molar-refractivity contribution < 1.29 is 4.79 Å². The Bertz CT molecular complexity index is 988. The Labute approximate surface area is 144 Å². The highest BCUT2D eigenvalue weighted by Crippen LogP contribution is 2.28. The lowest BCUT2D eigenvalue weighted by molar-refractivity contribution is -0.123. The normalized spacial score (nSPS) is 12.2. The molecule has 3 aromatic heterocycles. The molecule has 0 atom stereocenters. The Morgan fingerprint density at radius 3 is 2.62 bits per heavy atom. The lowest BCUT2D eigenvalue weighted by Crippen LogP contribution is -2.44. The van der Waals surface area contributed by atoms with Crippen molar-refractivity contribution in [2.24, 2.45) is 0 Å². The van der Waals surface area contributed by atoms with Crippen LogP contribution in [0.15, 0.2) is 16.9 Å². The summed E-state index contributed by atoms with van der Waals surface area (Å²) in [5.41, 5.74) is 1.01. The van der Waals surface area contributed by atoms with Gasteiger partial charge in [-0.15, -0.1) is 11.3 Å². The van der Waals surface area contributed by atoms with E-state index in [2.05, 4.69) is 16.5 Å². The predicted octanol–water partition coefficient (Wildman–Crippen LogP) is 2.50. The van der Waals surface area contributed by atoms with Crippen molar-refractivity contribution in [3.05, 3.63) is 33.2 Å². The van der Waals surface area contributed by atoms with Crippen LogP contribution in [-0.4, -0.2) is 25.6 Å². The number of amides is 1. The molecule has 0 fully saturated rings. The number of hydrogen-bond donors (Lipinski definition) is 1. The van der Waals surface area contributed by atoms with Gasteiger partial charge in [0.1, 0.15) is 17.9 Å². The molecule has 0 aliphatic heterocycles. The molecule has 0 spiro atoms. The Morgan fingerprint density at radius 2 is 2.00 bits per heavy atom. The van der Waals surface area contributed by atoms with E-state index in [-0.39, 0.29) is 23.6 Å². The van der Waals surface area contributed by atoms with Crippen LogP contribution in [0.3, 0.4) is 0 Å². The molecule has 3 rings (SSSR count). The number of thiophene rings is 1. The van der Waals surface area contributed by atoms with E-state index in [9.17, 15) is 9.59 Å². The first kappa shape index (κ1) is 16.7. The summed E-state index contributed by atoms with van der Waals surface area (Å²) < 4.78 is 4.25. The molecule has 1 amide bonds. The number of aryl methyl sites for hydroxylation is 2. The van der Waals surface area contributed by atoms with Gasteiger partial charge in [0, 0.05) is 16.8 Å². The van der Waals surface area contributed by atoms with E-state index in [4.69, 9.17) is 0 Å². The van der Waals surface area contributed by atoms with Crippen molar-refractivity contribution in [2.45, 2.75) is 53.1 Å². The smallest absolute Gasteiger partial charge is 0.291 e. The monoisotopic (exact) mass is 346 g/mol. The fourth-order valence-corrected chi connectivity index (χ4v) is 3.79. The summed E-state index contributed by atoms with van der Waals surface area (Å²) in [6.07, 6.45) is 0.677. The van der Waals surface area contributed by atoms with Gasteiger partial charge in [0.25, 0.3) is 5.56 Å². The van der Waals surface area contributed by atoms with Gasteiger partial charge in [-0.25, -0.2) is 4.68 Å². The fourth-order valence-electron chi connectivity index (χ4n) is 2.84. The summed E-state index contributed by atoms with van der Waals surface area (Å²) in [5, 5.41) is 7.30. The van der Waals surface area contributed by atoms with Crippen LogP contribution in [-0.2, 0) is 17.8 Å². The molecule has 0 aliphatic rings.